The molecule has 15 heavy (non-hydrogen) atoms. The summed E-state index contributed by atoms with van der Waals surface area (Å²) < 4.78 is 18.3. The van der Waals surface area contributed by atoms with Gasteiger partial charge in [-0.1, -0.05) is 11.6 Å². The van der Waals surface area contributed by atoms with E-state index in [4.69, 9.17) is 22.1 Å². The van der Waals surface area contributed by atoms with E-state index in [0.717, 1.165) is 0 Å². The largest absolute Gasteiger partial charge is 0.497 e. The van der Waals surface area contributed by atoms with Gasteiger partial charge in [0.1, 0.15) is 5.75 Å². The number of hydrogen-bond acceptors (Lipinski definition) is 3. The lowest BCUT2D eigenvalue weighted by molar-refractivity contribution is 0.0981. The van der Waals surface area contributed by atoms with E-state index in [1.165, 1.54) is 19.2 Å². The van der Waals surface area contributed by atoms with Crippen LogP contribution in [0.15, 0.2) is 12.1 Å². The first-order chi connectivity index (χ1) is 7.10. The molecule has 0 saturated heterocycles. The monoisotopic (exact) mass is 231 g/mol. The van der Waals surface area contributed by atoms with Crippen molar-refractivity contribution >= 4 is 17.4 Å². The maximum atomic E-state index is 13.4. The summed E-state index contributed by atoms with van der Waals surface area (Å²) in [5.41, 5.74) is 5.14. The van der Waals surface area contributed by atoms with Crippen molar-refractivity contribution in [2.75, 3.05) is 13.7 Å². The Morgan fingerprint density at radius 1 is 1.60 bits per heavy atom. The number of ketones is 1. The van der Waals surface area contributed by atoms with Gasteiger partial charge in [-0.3, -0.25) is 4.79 Å². The van der Waals surface area contributed by atoms with E-state index in [2.05, 4.69) is 0 Å². The fourth-order valence-corrected chi connectivity index (χ4v) is 1.36. The molecule has 1 rings (SSSR count). The Hall–Kier alpha value is -1.13. The van der Waals surface area contributed by atoms with Crippen molar-refractivity contribution in [3.8, 4) is 5.75 Å². The van der Waals surface area contributed by atoms with Crippen LogP contribution in [-0.2, 0) is 0 Å². The number of Topliss-reactive ketones (excluding diaryl/α,β-unsaturated/α-hetero) is 1. The van der Waals surface area contributed by atoms with Gasteiger partial charge in [-0.25, -0.2) is 4.39 Å². The second-order valence-electron chi connectivity index (χ2n) is 2.93. The zero-order valence-electron chi connectivity index (χ0n) is 8.22. The van der Waals surface area contributed by atoms with Gasteiger partial charge in [0.25, 0.3) is 0 Å². The van der Waals surface area contributed by atoms with Gasteiger partial charge >= 0.3 is 0 Å². The summed E-state index contributed by atoms with van der Waals surface area (Å²) in [6, 6.07) is 2.63. The van der Waals surface area contributed by atoms with Crippen LogP contribution in [0.25, 0.3) is 0 Å². The number of benzene rings is 1. The van der Waals surface area contributed by atoms with Gasteiger partial charge in [-0.05, 0) is 12.6 Å². The zero-order chi connectivity index (χ0) is 11.4. The van der Waals surface area contributed by atoms with Crippen LogP contribution >= 0.6 is 11.6 Å². The highest BCUT2D eigenvalue weighted by atomic mass is 35.5. The molecule has 0 aromatic heterocycles. The normalized spacial score (nSPS) is 10.1. The molecule has 3 nitrogen and oxygen atoms in total. The van der Waals surface area contributed by atoms with Gasteiger partial charge in [0, 0.05) is 12.5 Å². The van der Waals surface area contributed by atoms with E-state index in [-0.39, 0.29) is 29.3 Å². The smallest absolute Gasteiger partial charge is 0.167 e. The molecule has 0 amide bonds. The molecule has 0 aliphatic carbocycles. The lowest BCUT2D eigenvalue weighted by Crippen LogP contribution is -2.10. The molecule has 0 aliphatic heterocycles. The van der Waals surface area contributed by atoms with Crippen molar-refractivity contribution in [3.63, 3.8) is 0 Å². The molecule has 5 heteroatoms. The minimum atomic E-state index is -0.726. The van der Waals surface area contributed by atoms with Gasteiger partial charge in [0.15, 0.2) is 11.6 Å². The highest BCUT2D eigenvalue weighted by molar-refractivity contribution is 6.31. The van der Waals surface area contributed by atoms with Gasteiger partial charge in [0.2, 0.25) is 0 Å². The number of carbonyl (C=O) groups excluding carboxylic acids is 1. The molecule has 0 bridgehead atoms. The van der Waals surface area contributed by atoms with E-state index < -0.39 is 5.82 Å². The molecular formula is C10H11ClFNO2. The highest BCUT2D eigenvalue weighted by Gasteiger charge is 2.15. The highest BCUT2D eigenvalue weighted by Crippen LogP contribution is 2.25. The van der Waals surface area contributed by atoms with Crippen molar-refractivity contribution in [3.05, 3.63) is 28.5 Å². The lowest BCUT2D eigenvalue weighted by Gasteiger charge is -2.06. The number of ether oxygens (including phenoxy) is 1. The first-order valence-electron chi connectivity index (χ1n) is 4.36. The van der Waals surface area contributed by atoms with E-state index in [1.807, 2.05) is 0 Å². The molecule has 1 aromatic carbocycles. The van der Waals surface area contributed by atoms with E-state index >= 15 is 0 Å². The predicted molar refractivity (Wildman–Crippen MR) is 56.0 cm³/mol. The second kappa shape index (κ2) is 5.09. The summed E-state index contributed by atoms with van der Waals surface area (Å²) in [5, 5.41) is -0.130. The van der Waals surface area contributed by atoms with E-state index in [0.29, 0.717) is 5.75 Å². The third kappa shape index (κ3) is 2.67. The number of halogens is 2. The molecule has 0 radical (unpaired) electrons. The molecule has 0 fully saturated rings. The fraction of sp³-hybridized carbons (Fsp3) is 0.300. The summed E-state index contributed by atoms with van der Waals surface area (Å²) in [4.78, 5) is 11.5. The topological polar surface area (TPSA) is 52.3 Å². The maximum absolute atomic E-state index is 13.4. The van der Waals surface area contributed by atoms with Crippen LogP contribution in [0, 0.1) is 5.82 Å². The van der Waals surface area contributed by atoms with Crippen LogP contribution in [0.1, 0.15) is 16.8 Å². The molecule has 0 unspecified atom stereocenters. The fourth-order valence-electron chi connectivity index (χ4n) is 1.15. The van der Waals surface area contributed by atoms with Crippen molar-refractivity contribution in [2.45, 2.75) is 6.42 Å². The third-order valence-corrected chi connectivity index (χ3v) is 2.18. The molecule has 82 valence electrons. The second-order valence-corrected chi connectivity index (χ2v) is 3.34. The van der Waals surface area contributed by atoms with Gasteiger partial charge in [0.05, 0.1) is 17.7 Å². The van der Waals surface area contributed by atoms with Crippen LogP contribution in [0.2, 0.25) is 5.02 Å². The minimum absolute atomic E-state index is 0.0789. The Balaban J connectivity index is 3.15. The van der Waals surface area contributed by atoms with E-state index in [1.54, 1.807) is 0 Å². The molecule has 0 heterocycles. The molecule has 0 aliphatic rings. The Kier molecular flexibility index (Phi) is 4.05. The standard InChI is InChI=1S/C10H11ClFNO2/c1-15-6-4-7(9(14)2-3-13)10(12)8(11)5-6/h4-5H,2-3,13H2,1H3. The third-order valence-electron chi connectivity index (χ3n) is 1.91. The SMILES string of the molecule is COc1cc(Cl)c(F)c(C(=O)CCN)c1. The Morgan fingerprint density at radius 2 is 2.27 bits per heavy atom. The Labute approximate surface area is 92.0 Å². The van der Waals surface area contributed by atoms with Crippen LogP contribution < -0.4 is 10.5 Å². The van der Waals surface area contributed by atoms with Gasteiger partial charge < -0.3 is 10.5 Å². The number of hydrogen-bond donors (Lipinski definition) is 1. The summed E-state index contributed by atoms with van der Waals surface area (Å²) >= 11 is 5.60. The zero-order valence-corrected chi connectivity index (χ0v) is 8.97. The van der Waals surface area contributed by atoms with Crippen LogP contribution in [0.3, 0.4) is 0 Å². The molecular weight excluding hydrogens is 221 g/mol. The van der Waals surface area contributed by atoms with Gasteiger partial charge in [-0.2, -0.15) is 0 Å². The Bertz CT molecular complexity index is 382. The van der Waals surface area contributed by atoms with Crippen molar-refractivity contribution < 1.29 is 13.9 Å². The summed E-state index contributed by atoms with van der Waals surface area (Å²) in [7, 11) is 1.42. The minimum Gasteiger partial charge on any atom is -0.497 e. The van der Waals surface area contributed by atoms with Crippen molar-refractivity contribution in [2.24, 2.45) is 5.73 Å². The molecule has 0 spiro atoms. The number of rotatable bonds is 4. The lowest BCUT2D eigenvalue weighted by atomic mass is 10.1. The summed E-state index contributed by atoms with van der Waals surface area (Å²) in [6.07, 6.45) is 0.0837. The first kappa shape index (κ1) is 11.9. The maximum Gasteiger partial charge on any atom is 0.167 e. The molecule has 1 aromatic rings. The quantitative estimate of drug-likeness (QED) is 0.807. The number of nitrogens with two attached hydrogens (primary N) is 1. The van der Waals surface area contributed by atoms with Crippen molar-refractivity contribution in [1.29, 1.82) is 0 Å². The first-order valence-corrected chi connectivity index (χ1v) is 4.74. The number of methoxy groups -OCH3 is 1. The van der Waals surface area contributed by atoms with Crippen LogP contribution in [-0.4, -0.2) is 19.4 Å². The Morgan fingerprint density at radius 3 is 2.80 bits per heavy atom. The average molecular weight is 232 g/mol. The predicted octanol–water partition coefficient (Wildman–Crippen LogP) is 2.02. The van der Waals surface area contributed by atoms with Crippen molar-refractivity contribution in [1.82, 2.24) is 0 Å². The van der Waals surface area contributed by atoms with Crippen LogP contribution in [0.5, 0.6) is 5.75 Å². The molecule has 2 N–H and O–H groups in total. The summed E-state index contributed by atoms with van der Waals surface area (Å²) in [6.45, 7) is 0.174. The summed E-state index contributed by atoms with van der Waals surface area (Å²) in [5.74, 6) is -0.756. The molecule has 0 saturated carbocycles. The van der Waals surface area contributed by atoms with Crippen LogP contribution in [0.4, 0.5) is 4.39 Å². The average Bonchev–Trinajstić information content (AvgIpc) is 2.22. The van der Waals surface area contributed by atoms with E-state index in [9.17, 15) is 9.18 Å². The molecule has 0 atom stereocenters. The number of carbonyl (C=O) groups is 1. The van der Waals surface area contributed by atoms with Gasteiger partial charge in [-0.15, -0.1) is 0 Å².